The molecule has 1 saturated heterocycles. The van der Waals surface area contributed by atoms with Crippen molar-refractivity contribution >= 4 is 11.6 Å². The summed E-state index contributed by atoms with van der Waals surface area (Å²) in [7, 11) is 1.96. The first-order valence-electron chi connectivity index (χ1n) is 13.7. The Balaban J connectivity index is 1.38. The van der Waals surface area contributed by atoms with Gasteiger partial charge in [0.15, 0.2) is 0 Å². The van der Waals surface area contributed by atoms with E-state index < -0.39 is 11.6 Å². The van der Waals surface area contributed by atoms with Gasteiger partial charge in [0, 0.05) is 36.4 Å². The Morgan fingerprint density at radius 1 is 1.00 bits per heavy atom. The van der Waals surface area contributed by atoms with Gasteiger partial charge >= 0.3 is 0 Å². The number of nitrogens with zero attached hydrogens (tertiary/aromatic N) is 3. The van der Waals surface area contributed by atoms with Crippen LogP contribution in [0.2, 0.25) is 0 Å². The van der Waals surface area contributed by atoms with Gasteiger partial charge in [-0.25, -0.2) is 8.78 Å². The Hall–Kier alpha value is -3.60. The van der Waals surface area contributed by atoms with E-state index in [0.29, 0.717) is 11.6 Å². The maximum absolute atomic E-state index is 13.7. The lowest BCUT2D eigenvalue weighted by atomic mass is 9.78. The molecule has 0 aromatic heterocycles. The number of nitrogens with one attached hydrogen (secondary N) is 1. The Labute approximate surface area is 229 Å². The minimum Gasteiger partial charge on any atom is -0.325 e. The molecule has 0 unspecified atom stereocenters. The summed E-state index contributed by atoms with van der Waals surface area (Å²) in [5.74, 6) is -1.77. The SMILES string of the molecule is CN(CC(=O)Nc1cc(F)cc(F)c1)C1(c2ccc(-c3cccc(C#N)c3)cc2)CCN(C2CCCC2)CC1. The average molecular weight is 529 g/mol. The molecule has 0 spiro atoms. The summed E-state index contributed by atoms with van der Waals surface area (Å²) in [4.78, 5) is 17.7. The molecule has 1 amide bonds. The van der Waals surface area contributed by atoms with Crippen LogP contribution in [0.3, 0.4) is 0 Å². The van der Waals surface area contributed by atoms with Crippen molar-refractivity contribution in [1.29, 1.82) is 5.26 Å². The number of amides is 1. The van der Waals surface area contributed by atoms with E-state index in [9.17, 15) is 18.8 Å². The summed E-state index contributed by atoms with van der Waals surface area (Å²) in [6.45, 7) is 2.00. The second kappa shape index (κ2) is 11.6. The summed E-state index contributed by atoms with van der Waals surface area (Å²) in [6.07, 6.45) is 6.86. The lowest BCUT2D eigenvalue weighted by molar-refractivity contribution is -0.119. The average Bonchev–Trinajstić information content (AvgIpc) is 3.48. The topological polar surface area (TPSA) is 59.4 Å². The zero-order valence-corrected chi connectivity index (χ0v) is 22.3. The summed E-state index contributed by atoms with van der Waals surface area (Å²) >= 11 is 0. The molecule has 2 fully saturated rings. The molecule has 1 aliphatic heterocycles. The van der Waals surface area contributed by atoms with Gasteiger partial charge < -0.3 is 10.2 Å². The molecule has 2 aliphatic rings. The number of likely N-dealkylation sites (N-methyl/N-ethyl adjacent to an activating group) is 1. The number of carbonyl (C=O) groups excluding carboxylic acids is 1. The molecule has 1 N–H and O–H groups in total. The normalized spacial score (nSPS) is 17.7. The van der Waals surface area contributed by atoms with Crippen molar-refractivity contribution in [2.24, 2.45) is 0 Å². The molecule has 1 heterocycles. The molecule has 3 aromatic carbocycles. The predicted octanol–water partition coefficient (Wildman–Crippen LogP) is 6.31. The highest BCUT2D eigenvalue weighted by Crippen LogP contribution is 2.40. The van der Waals surface area contributed by atoms with Crippen LogP contribution in [0.25, 0.3) is 11.1 Å². The first kappa shape index (κ1) is 27.0. The second-order valence-corrected chi connectivity index (χ2v) is 10.8. The zero-order valence-electron chi connectivity index (χ0n) is 22.3. The summed E-state index contributed by atoms with van der Waals surface area (Å²) < 4.78 is 27.3. The van der Waals surface area contributed by atoms with E-state index >= 15 is 0 Å². The van der Waals surface area contributed by atoms with Crippen molar-refractivity contribution in [3.8, 4) is 17.2 Å². The van der Waals surface area contributed by atoms with Gasteiger partial charge in [0.25, 0.3) is 0 Å². The van der Waals surface area contributed by atoms with Gasteiger partial charge in [-0.15, -0.1) is 0 Å². The van der Waals surface area contributed by atoms with Crippen LogP contribution in [-0.2, 0) is 10.3 Å². The Kier molecular flexibility index (Phi) is 8.06. The molecule has 0 radical (unpaired) electrons. The molecule has 5 nitrogen and oxygen atoms in total. The predicted molar refractivity (Wildman–Crippen MR) is 149 cm³/mol. The third kappa shape index (κ3) is 6.03. The van der Waals surface area contributed by atoms with Crippen molar-refractivity contribution in [2.45, 2.75) is 50.1 Å². The van der Waals surface area contributed by atoms with Crippen molar-refractivity contribution in [2.75, 3.05) is 32.0 Å². The van der Waals surface area contributed by atoms with Gasteiger partial charge in [-0.2, -0.15) is 5.26 Å². The number of hydrogen-bond donors (Lipinski definition) is 1. The van der Waals surface area contributed by atoms with Gasteiger partial charge in [0.05, 0.1) is 18.2 Å². The minimum atomic E-state index is -0.727. The van der Waals surface area contributed by atoms with Gasteiger partial charge in [0.1, 0.15) is 11.6 Å². The van der Waals surface area contributed by atoms with Crippen LogP contribution >= 0.6 is 0 Å². The first-order chi connectivity index (χ1) is 18.9. The molecular weight excluding hydrogens is 494 g/mol. The minimum absolute atomic E-state index is 0.0908. The van der Waals surface area contributed by atoms with Crippen LogP contribution in [0.15, 0.2) is 66.7 Å². The molecule has 0 bridgehead atoms. The van der Waals surface area contributed by atoms with Crippen molar-refractivity contribution in [1.82, 2.24) is 9.80 Å². The highest BCUT2D eigenvalue weighted by molar-refractivity contribution is 5.92. The van der Waals surface area contributed by atoms with Crippen LogP contribution in [0.1, 0.15) is 49.7 Å². The Morgan fingerprint density at radius 3 is 2.31 bits per heavy atom. The van der Waals surface area contributed by atoms with E-state index in [1.165, 1.54) is 25.7 Å². The third-order valence-electron chi connectivity index (χ3n) is 8.47. The van der Waals surface area contributed by atoms with E-state index in [1.54, 1.807) is 6.07 Å². The lowest BCUT2D eigenvalue weighted by Crippen LogP contribution is -2.54. The monoisotopic (exact) mass is 528 g/mol. The molecule has 3 aromatic rings. The van der Waals surface area contributed by atoms with Crippen molar-refractivity contribution in [3.63, 3.8) is 0 Å². The number of likely N-dealkylation sites (tertiary alicyclic amines) is 1. The third-order valence-corrected chi connectivity index (χ3v) is 8.47. The standard InChI is InChI=1S/C32H34F2N4O/c1-37(22-31(39)36-29-19-27(33)18-28(34)20-29)32(13-15-38(16-14-32)30-7-2-3-8-30)26-11-9-24(10-12-26)25-6-4-5-23(17-25)21-35/h4-6,9-12,17-20,30H,2-3,7-8,13-16,22H2,1H3,(H,36,39). The van der Waals surface area contributed by atoms with Crippen LogP contribution < -0.4 is 5.32 Å². The molecule has 0 atom stereocenters. The highest BCUT2D eigenvalue weighted by atomic mass is 19.1. The van der Waals surface area contributed by atoms with Gasteiger partial charge in [0.2, 0.25) is 5.91 Å². The van der Waals surface area contributed by atoms with Gasteiger partial charge in [-0.1, -0.05) is 49.2 Å². The number of carbonyl (C=O) groups is 1. The van der Waals surface area contributed by atoms with E-state index in [1.807, 2.05) is 25.2 Å². The fourth-order valence-corrected chi connectivity index (χ4v) is 6.35. The second-order valence-electron chi connectivity index (χ2n) is 10.8. The van der Waals surface area contributed by atoms with Crippen molar-refractivity contribution in [3.05, 3.63) is 89.5 Å². The molecular formula is C32H34F2N4O. The van der Waals surface area contributed by atoms with E-state index in [4.69, 9.17) is 0 Å². The summed E-state index contributed by atoms with van der Waals surface area (Å²) in [5.41, 5.74) is 3.54. The highest BCUT2D eigenvalue weighted by Gasteiger charge is 2.41. The molecule has 7 heteroatoms. The fraction of sp³-hybridized carbons (Fsp3) is 0.375. The maximum atomic E-state index is 13.7. The summed E-state index contributed by atoms with van der Waals surface area (Å²) in [6, 6.07) is 21.9. The van der Waals surface area contributed by atoms with Gasteiger partial charge in [-0.3, -0.25) is 9.69 Å². The number of rotatable bonds is 7. The number of benzene rings is 3. The van der Waals surface area contributed by atoms with E-state index in [0.717, 1.165) is 60.8 Å². The molecule has 1 aliphatic carbocycles. The molecule has 202 valence electrons. The maximum Gasteiger partial charge on any atom is 0.238 e. The number of nitriles is 1. The van der Waals surface area contributed by atoms with Crippen LogP contribution in [0.5, 0.6) is 0 Å². The molecule has 5 rings (SSSR count). The van der Waals surface area contributed by atoms with E-state index in [2.05, 4.69) is 45.5 Å². The summed E-state index contributed by atoms with van der Waals surface area (Å²) in [5, 5.41) is 11.9. The number of anilines is 1. The lowest BCUT2D eigenvalue weighted by Gasteiger charge is -2.49. The molecule has 39 heavy (non-hydrogen) atoms. The first-order valence-corrected chi connectivity index (χ1v) is 13.7. The van der Waals surface area contributed by atoms with Gasteiger partial charge in [-0.05, 0) is 73.7 Å². The largest absolute Gasteiger partial charge is 0.325 e. The number of halogens is 2. The zero-order chi connectivity index (χ0) is 27.4. The van der Waals surface area contributed by atoms with E-state index in [-0.39, 0.29) is 23.7 Å². The van der Waals surface area contributed by atoms with Crippen LogP contribution in [0, 0.1) is 23.0 Å². The van der Waals surface area contributed by atoms with Crippen molar-refractivity contribution < 1.29 is 13.6 Å². The van der Waals surface area contributed by atoms with Crippen LogP contribution in [-0.4, -0.2) is 48.4 Å². The van der Waals surface area contributed by atoms with Crippen LogP contribution in [0.4, 0.5) is 14.5 Å². The molecule has 1 saturated carbocycles. The Bertz CT molecular complexity index is 1330. The number of piperidine rings is 1. The smallest absolute Gasteiger partial charge is 0.238 e. The fourth-order valence-electron chi connectivity index (χ4n) is 6.35. The number of hydrogen-bond acceptors (Lipinski definition) is 4. The Morgan fingerprint density at radius 2 is 1.67 bits per heavy atom. The quantitative estimate of drug-likeness (QED) is 0.391.